The Morgan fingerprint density at radius 2 is 1.43 bits per heavy atom. The van der Waals surface area contributed by atoms with Crippen LogP contribution in [0.15, 0.2) is 53.4 Å². The van der Waals surface area contributed by atoms with Crippen LogP contribution in [-0.2, 0) is 19.4 Å². The van der Waals surface area contributed by atoms with Crippen molar-refractivity contribution in [2.45, 2.75) is 17.4 Å². The number of anilines is 2. The minimum Gasteiger partial charge on any atom is -0.369 e. The van der Waals surface area contributed by atoms with E-state index in [0.717, 1.165) is 10.6 Å². The smallest absolute Gasteiger partial charge is 0.251 e. The van der Waals surface area contributed by atoms with Crippen LogP contribution in [0.3, 0.4) is 0 Å². The van der Waals surface area contributed by atoms with Crippen LogP contribution >= 0.6 is 0 Å². The molecular formula is C21H22FN3O4S. The van der Waals surface area contributed by atoms with Crippen molar-refractivity contribution in [1.29, 1.82) is 0 Å². The molecule has 30 heavy (non-hydrogen) atoms. The van der Waals surface area contributed by atoms with Crippen LogP contribution in [0.25, 0.3) is 0 Å². The van der Waals surface area contributed by atoms with Gasteiger partial charge < -0.3 is 4.90 Å². The normalized spacial score (nSPS) is 20.8. The average Bonchev–Trinajstić information content (AvgIpc) is 3.02. The number of imide groups is 1. The van der Waals surface area contributed by atoms with Gasteiger partial charge in [0.1, 0.15) is 5.82 Å². The van der Waals surface area contributed by atoms with Gasteiger partial charge in [-0.3, -0.25) is 14.5 Å². The maximum atomic E-state index is 13.2. The van der Waals surface area contributed by atoms with E-state index in [0.29, 0.717) is 31.9 Å². The quantitative estimate of drug-likeness (QED) is 0.686. The fourth-order valence-corrected chi connectivity index (χ4v) is 4.59. The molecule has 2 heterocycles. The predicted octanol–water partition coefficient (Wildman–Crippen LogP) is 1.68. The molecule has 2 amide bonds. The summed E-state index contributed by atoms with van der Waals surface area (Å²) in [7, 11) is -3.23. The monoisotopic (exact) mass is 431 g/mol. The fourth-order valence-electron chi connectivity index (χ4n) is 3.96. The topological polar surface area (TPSA) is 78.0 Å². The number of piperazine rings is 1. The summed E-state index contributed by atoms with van der Waals surface area (Å²) >= 11 is 0. The molecule has 9 heteroatoms. The molecule has 4 rings (SSSR count). The molecule has 0 aromatic heterocycles. The summed E-state index contributed by atoms with van der Waals surface area (Å²) in [5.74, 6) is -0.983. The molecule has 0 bridgehead atoms. The van der Waals surface area contributed by atoms with Crippen LogP contribution in [0, 0.1) is 5.82 Å². The zero-order valence-corrected chi connectivity index (χ0v) is 17.3. The summed E-state index contributed by atoms with van der Waals surface area (Å²) in [4.78, 5) is 30.9. The zero-order valence-electron chi connectivity index (χ0n) is 16.5. The van der Waals surface area contributed by atoms with E-state index in [9.17, 15) is 22.4 Å². The van der Waals surface area contributed by atoms with Crippen LogP contribution in [-0.4, -0.2) is 63.6 Å². The van der Waals surface area contributed by atoms with E-state index < -0.39 is 21.7 Å². The van der Waals surface area contributed by atoms with Gasteiger partial charge in [0.25, 0.3) is 5.91 Å². The van der Waals surface area contributed by atoms with Gasteiger partial charge in [-0.2, -0.15) is 0 Å². The van der Waals surface area contributed by atoms with Crippen molar-refractivity contribution in [2.24, 2.45) is 0 Å². The summed E-state index contributed by atoms with van der Waals surface area (Å²) in [5, 5.41) is 0. The summed E-state index contributed by atoms with van der Waals surface area (Å²) in [5.41, 5.74) is 1.31. The van der Waals surface area contributed by atoms with Crippen LogP contribution in [0.4, 0.5) is 15.8 Å². The lowest BCUT2D eigenvalue weighted by Crippen LogP contribution is -2.52. The number of benzene rings is 2. The van der Waals surface area contributed by atoms with E-state index in [1.54, 1.807) is 24.3 Å². The molecule has 158 valence electrons. The van der Waals surface area contributed by atoms with Gasteiger partial charge >= 0.3 is 0 Å². The molecule has 2 fully saturated rings. The molecule has 7 nitrogen and oxygen atoms in total. The Morgan fingerprint density at radius 1 is 0.867 bits per heavy atom. The highest BCUT2D eigenvalue weighted by Gasteiger charge is 2.43. The van der Waals surface area contributed by atoms with E-state index in [-0.39, 0.29) is 23.1 Å². The fraction of sp³-hybridized carbons (Fsp3) is 0.333. The highest BCUT2D eigenvalue weighted by atomic mass is 32.2. The Morgan fingerprint density at radius 3 is 2.00 bits per heavy atom. The summed E-state index contributed by atoms with van der Waals surface area (Å²) in [6, 6.07) is 11.6. The molecule has 0 unspecified atom stereocenters. The Balaban J connectivity index is 1.41. The Bertz CT molecular complexity index is 1060. The molecule has 0 saturated carbocycles. The minimum atomic E-state index is -3.23. The van der Waals surface area contributed by atoms with Crippen molar-refractivity contribution in [3.8, 4) is 0 Å². The second kappa shape index (κ2) is 7.81. The number of nitrogens with zero attached hydrogens (tertiary/aromatic N) is 3. The van der Waals surface area contributed by atoms with Crippen molar-refractivity contribution < 1.29 is 22.4 Å². The number of rotatable bonds is 4. The first-order valence-corrected chi connectivity index (χ1v) is 11.5. The highest BCUT2D eigenvalue weighted by molar-refractivity contribution is 7.90. The molecule has 2 saturated heterocycles. The van der Waals surface area contributed by atoms with E-state index in [1.165, 1.54) is 30.5 Å². The van der Waals surface area contributed by atoms with Gasteiger partial charge in [0.05, 0.1) is 23.0 Å². The van der Waals surface area contributed by atoms with Gasteiger partial charge in [-0.15, -0.1) is 0 Å². The van der Waals surface area contributed by atoms with Crippen LogP contribution in [0.5, 0.6) is 0 Å². The van der Waals surface area contributed by atoms with Gasteiger partial charge in [0.15, 0.2) is 9.84 Å². The number of hydrogen-bond acceptors (Lipinski definition) is 6. The molecule has 0 aliphatic carbocycles. The summed E-state index contributed by atoms with van der Waals surface area (Å²) < 4.78 is 36.4. The van der Waals surface area contributed by atoms with E-state index in [4.69, 9.17) is 0 Å². The SMILES string of the molecule is CS(=O)(=O)c1ccc(N2CCN([C@H]3CC(=O)N(c4ccc(F)cc4)C3=O)CC2)cc1. The molecule has 2 aliphatic rings. The first kappa shape index (κ1) is 20.5. The third-order valence-corrected chi connectivity index (χ3v) is 6.72. The van der Waals surface area contributed by atoms with Crippen molar-refractivity contribution in [1.82, 2.24) is 4.90 Å². The maximum Gasteiger partial charge on any atom is 0.251 e. The first-order valence-electron chi connectivity index (χ1n) is 9.65. The molecule has 1 atom stereocenters. The number of carbonyl (C=O) groups excluding carboxylic acids is 2. The van der Waals surface area contributed by atoms with E-state index >= 15 is 0 Å². The average molecular weight is 431 g/mol. The predicted molar refractivity (Wildman–Crippen MR) is 111 cm³/mol. The minimum absolute atomic E-state index is 0.110. The second-order valence-electron chi connectivity index (χ2n) is 7.55. The number of amides is 2. The molecule has 2 aromatic carbocycles. The molecule has 0 N–H and O–H groups in total. The lowest BCUT2D eigenvalue weighted by Gasteiger charge is -2.38. The third kappa shape index (κ3) is 3.95. The lowest BCUT2D eigenvalue weighted by atomic mass is 10.1. The van der Waals surface area contributed by atoms with Crippen molar-refractivity contribution in [3.05, 3.63) is 54.3 Å². The van der Waals surface area contributed by atoms with Gasteiger partial charge in [0, 0.05) is 38.1 Å². The van der Waals surface area contributed by atoms with Crippen molar-refractivity contribution >= 4 is 33.0 Å². The van der Waals surface area contributed by atoms with E-state index in [2.05, 4.69) is 4.90 Å². The Labute approximate surface area is 174 Å². The second-order valence-corrected chi connectivity index (χ2v) is 9.57. The zero-order chi connectivity index (χ0) is 21.5. The van der Waals surface area contributed by atoms with Gasteiger partial charge in [-0.05, 0) is 48.5 Å². The van der Waals surface area contributed by atoms with Gasteiger partial charge in [0.2, 0.25) is 5.91 Å². The van der Waals surface area contributed by atoms with Crippen molar-refractivity contribution in [2.75, 3.05) is 42.2 Å². The molecule has 0 spiro atoms. The number of sulfone groups is 1. The number of hydrogen-bond donors (Lipinski definition) is 0. The standard InChI is InChI=1S/C21H22FN3O4S/c1-30(28,29)18-8-6-16(7-9-18)23-10-12-24(13-11-23)19-14-20(26)25(21(19)27)17-4-2-15(22)3-5-17/h2-9,19H,10-14H2,1H3/t19-/m0/s1. The Kier molecular flexibility index (Phi) is 5.33. The summed E-state index contributed by atoms with van der Waals surface area (Å²) in [6.45, 7) is 2.53. The molecule has 2 aliphatic heterocycles. The molecule has 0 radical (unpaired) electrons. The first-order chi connectivity index (χ1) is 14.2. The third-order valence-electron chi connectivity index (χ3n) is 5.59. The van der Waals surface area contributed by atoms with Crippen molar-refractivity contribution in [3.63, 3.8) is 0 Å². The van der Waals surface area contributed by atoms with Crippen LogP contribution < -0.4 is 9.80 Å². The lowest BCUT2D eigenvalue weighted by molar-refractivity contribution is -0.123. The van der Waals surface area contributed by atoms with Gasteiger partial charge in [-0.1, -0.05) is 0 Å². The largest absolute Gasteiger partial charge is 0.369 e. The van der Waals surface area contributed by atoms with Crippen LogP contribution in [0.2, 0.25) is 0 Å². The molecular weight excluding hydrogens is 409 g/mol. The molecule has 2 aromatic rings. The number of carbonyl (C=O) groups is 2. The Hall–Kier alpha value is -2.78. The number of halogens is 1. The van der Waals surface area contributed by atoms with E-state index in [1.807, 2.05) is 4.90 Å². The maximum absolute atomic E-state index is 13.2. The van der Waals surface area contributed by atoms with Crippen LogP contribution in [0.1, 0.15) is 6.42 Å². The van der Waals surface area contributed by atoms with Gasteiger partial charge in [-0.25, -0.2) is 17.7 Å². The summed E-state index contributed by atoms with van der Waals surface area (Å²) in [6.07, 6.45) is 1.29. The highest BCUT2D eigenvalue weighted by Crippen LogP contribution is 2.27.